The summed E-state index contributed by atoms with van der Waals surface area (Å²) in [6.07, 6.45) is 10.2. The molecule has 46 heavy (non-hydrogen) atoms. The molecule has 1 aromatic heterocycles. The van der Waals surface area contributed by atoms with Crippen molar-refractivity contribution in [3.8, 4) is 17.0 Å². The topological polar surface area (TPSA) is 75.0 Å². The van der Waals surface area contributed by atoms with Crippen LogP contribution < -0.4 is 4.74 Å². The Labute approximate surface area is 270 Å². The summed E-state index contributed by atoms with van der Waals surface area (Å²) in [4.78, 5) is 31.2. The van der Waals surface area contributed by atoms with Gasteiger partial charge < -0.3 is 24.2 Å². The number of aromatic carboxylic acids is 1. The fourth-order valence-corrected chi connectivity index (χ4v) is 8.87. The van der Waals surface area contributed by atoms with Crippen molar-refractivity contribution in [2.45, 2.75) is 69.5 Å². The number of nitrogens with zero attached hydrogens (tertiary/aromatic N) is 3. The number of rotatable bonds is 5. The van der Waals surface area contributed by atoms with Crippen molar-refractivity contribution in [3.05, 3.63) is 88.5 Å². The van der Waals surface area contributed by atoms with Gasteiger partial charge in [-0.25, -0.2) is 4.79 Å². The molecule has 3 aromatic carbocycles. The van der Waals surface area contributed by atoms with Gasteiger partial charge in [0.05, 0.1) is 18.4 Å². The van der Waals surface area contributed by atoms with Crippen molar-refractivity contribution in [1.29, 1.82) is 0 Å². The summed E-state index contributed by atoms with van der Waals surface area (Å²) in [6, 6.07) is 20.4. The van der Waals surface area contributed by atoms with Gasteiger partial charge in [-0.15, -0.1) is 0 Å². The minimum Gasteiger partial charge on any atom is -0.497 e. The van der Waals surface area contributed by atoms with Crippen LogP contribution in [0.25, 0.3) is 33.8 Å². The van der Waals surface area contributed by atoms with Crippen molar-refractivity contribution < 1.29 is 19.4 Å². The van der Waals surface area contributed by atoms with Crippen LogP contribution in [0.4, 0.5) is 0 Å². The van der Waals surface area contributed by atoms with E-state index in [-0.39, 0.29) is 23.6 Å². The minimum atomic E-state index is -0.927. The molecule has 236 valence electrons. The number of aromatic nitrogens is 1. The zero-order valence-electron chi connectivity index (χ0n) is 26.7. The van der Waals surface area contributed by atoms with Gasteiger partial charge in [0, 0.05) is 53.7 Å². The Morgan fingerprint density at radius 2 is 1.63 bits per heavy atom. The highest BCUT2D eigenvalue weighted by molar-refractivity contribution is 6.05. The van der Waals surface area contributed by atoms with Crippen molar-refractivity contribution in [1.82, 2.24) is 14.4 Å². The van der Waals surface area contributed by atoms with Gasteiger partial charge in [-0.05, 0) is 103 Å². The third-order valence-corrected chi connectivity index (χ3v) is 10.9. The molecule has 1 unspecified atom stereocenters. The number of carboxylic acid groups (broad SMARTS) is 1. The van der Waals surface area contributed by atoms with E-state index in [2.05, 4.69) is 45.7 Å². The molecular formula is C39H41N3O4. The predicted molar refractivity (Wildman–Crippen MR) is 182 cm³/mol. The average Bonchev–Trinajstić information content (AvgIpc) is 3.47. The van der Waals surface area contributed by atoms with E-state index < -0.39 is 5.97 Å². The zero-order valence-corrected chi connectivity index (χ0v) is 26.7. The highest BCUT2D eigenvalue weighted by Crippen LogP contribution is 2.48. The minimum absolute atomic E-state index is 0.112. The molecule has 2 atom stereocenters. The number of carboxylic acids is 1. The zero-order chi connectivity index (χ0) is 31.5. The maximum absolute atomic E-state index is 14.4. The summed E-state index contributed by atoms with van der Waals surface area (Å²) < 4.78 is 8.04. The summed E-state index contributed by atoms with van der Waals surface area (Å²) in [7, 11) is 3.85. The number of carbonyl (C=O) groups is 2. The summed E-state index contributed by atoms with van der Waals surface area (Å²) in [5.74, 6) is 0.371. The molecule has 0 spiro atoms. The fourth-order valence-electron chi connectivity index (χ4n) is 8.87. The van der Waals surface area contributed by atoms with Crippen LogP contribution in [-0.4, -0.2) is 70.7 Å². The number of methoxy groups -OCH3 is 1. The summed E-state index contributed by atoms with van der Waals surface area (Å²) >= 11 is 0. The monoisotopic (exact) mass is 615 g/mol. The molecule has 1 aliphatic carbocycles. The number of piperazine rings is 1. The van der Waals surface area contributed by atoms with Gasteiger partial charge in [-0.1, -0.05) is 43.5 Å². The van der Waals surface area contributed by atoms with E-state index in [9.17, 15) is 14.7 Å². The smallest absolute Gasteiger partial charge is 0.335 e. The van der Waals surface area contributed by atoms with Crippen LogP contribution in [0, 0.1) is 0 Å². The number of likely N-dealkylation sites (N-methyl/N-ethyl adjacent to an activating group) is 1. The average molecular weight is 616 g/mol. The second-order valence-corrected chi connectivity index (χ2v) is 13.7. The maximum atomic E-state index is 14.4. The van der Waals surface area contributed by atoms with Crippen LogP contribution in [0.1, 0.15) is 88.3 Å². The number of ether oxygens (including phenoxy) is 1. The number of benzene rings is 3. The lowest BCUT2D eigenvalue weighted by molar-refractivity contribution is 0.0472. The first-order valence-corrected chi connectivity index (χ1v) is 16.8. The molecule has 4 aliphatic rings. The van der Waals surface area contributed by atoms with Gasteiger partial charge in [0.25, 0.3) is 5.91 Å². The highest BCUT2D eigenvalue weighted by Gasteiger charge is 2.42. The van der Waals surface area contributed by atoms with Crippen LogP contribution in [-0.2, 0) is 6.54 Å². The molecule has 1 N–H and O–H groups in total. The van der Waals surface area contributed by atoms with Gasteiger partial charge in [0.1, 0.15) is 5.75 Å². The number of likely N-dealkylation sites (tertiary alicyclic amines) is 1. The first-order chi connectivity index (χ1) is 22.4. The summed E-state index contributed by atoms with van der Waals surface area (Å²) in [6.45, 7) is 2.35. The van der Waals surface area contributed by atoms with E-state index >= 15 is 0 Å². The van der Waals surface area contributed by atoms with Crippen LogP contribution >= 0.6 is 0 Å². The molecule has 4 heterocycles. The van der Waals surface area contributed by atoms with Gasteiger partial charge >= 0.3 is 5.97 Å². The molecule has 7 heteroatoms. The first kappa shape index (κ1) is 29.1. The summed E-state index contributed by atoms with van der Waals surface area (Å²) in [5, 5.41) is 11.1. The van der Waals surface area contributed by atoms with E-state index in [4.69, 9.17) is 4.74 Å². The van der Waals surface area contributed by atoms with Crippen LogP contribution in [0.5, 0.6) is 5.75 Å². The Balaban J connectivity index is 1.33. The molecular weight excluding hydrogens is 574 g/mol. The van der Waals surface area contributed by atoms with E-state index in [1.54, 1.807) is 13.2 Å². The molecule has 3 aliphatic heterocycles. The number of allylic oxidation sites excluding steroid dienone is 1. The van der Waals surface area contributed by atoms with Crippen LogP contribution in [0.3, 0.4) is 0 Å². The third-order valence-electron chi connectivity index (χ3n) is 10.9. The molecule has 3 fully saturated rings. The quantitative estimate of drug-likeness (QED) is 0.251. The normalized spacial score (nSPS) is 21.4. The number of hydrogen-bond acceptors (Lipinski definition) is 4. The highest BCUT2D eigenvalue weighted by atomic mass is 16.5. The lowest BCUT2D eigenvalue weighted by Crippen LogP contribution is -2.54. The second kappa shape index (κ2) is 11.5. The van der Waals surface area contributed by atoms with Gasteiger partial charge in [-0.2, -0.15) is 0 Å². The van der Waals surface area contributed by atoms with Gasteiger partial charge in [-0.3, -0.25) is 4.79 Å². The van der Waals surface area contributed by atoms with E-state index in [1.165, 1.54) is 24.8 Å². The molecule has 2 bridgehead atoms. The first-order valence-electron chi connectivity index (χ1n) is 16.8. The standard InChI is InChI=1S/C39H41N3O4/c1-40-22-28-13-14-29(23-40)42(28)38(43)33-11-7-6-10-31(33)27-18-26-19-30(46-2)15-17-32(26)37-36(24-8-4-3-5-9-24)34-16-12-25(39(44)45)20-35(34)41(37)21-27/h6-7,10-12,15-20,24,28-29H,3-5,8-9,13-14,21-23H2,1-2H3,(H,44,45)/t28-,29?/m1/s1. The Bertz CT molecular complexity index is 1880. The van der Waals surface area contributed by atoms with Gasteiger partial charge in [0.15, 0.2) is 0 Å². The number of carbonyl (C=O) groups excluding carboxylic acids is 1. The predicted octanol–water partition coefficient (Wildman–Crippen LogP) is 7.54. The molecule has 1 saturated carbocycles. The van der Waals surface area contributed by atoms with Gasteiger partial charge in [0.2, 0.25) is 0 Å². The number of fused-ring (bicyclic) bond motifs is 7. The molecule has 2 saturated heterocycles. The second-order valence-electron chi connectivity index (χ2n) is 13.7. The lowest BCUT2D eigenvalue weighted by atomic mass is 9.81. The van der Waals surface area contributed by atoms with Crippen LogP contribution in [0.15, 0.2) is 60.7 Å². The molecule has 8 rings (SSSR count). The largest absolute Gasteiger partial charge is 0.497 e. The number of hydrogen-bond donors (Lipinski definition) is 1. The molecule has 4 aromatic rings. The van der Waals surface area contributed by atoms with E-state index in [1.807, 2.05) is 36.4 Å². The Hall–Kier alpha value is -4.36. The van der Waals surface area contributed by atoms with Crippen molar-refractivity contribution in [2.75, 3.05) is 27.2 Å². The Kier molecular flexibility index (Phi) is 7.24. The summed E-state index contributed by atoms with van der Waals surface area (Å²) in [5.41, 5.74) is 8.58. The van der Waals surface area contributed by atoms with E-state index in [0.717, 1.165) is 88.9 Å². The van der Waals surface area contributed by atoms with Crippen LogP contribution in [0.2, 0.25) is 0 Å². The Morgan fingerprint density at radius 3 is 2.37 bits per heavy atom. The molecule has 7 nitrogen and oxygen atoms in total. The number of amides is 1. The van der Waals surface area contributed by atoms with Crippen molar-refractivity contribution >= 4 is 34.4 Å². The Morgan fingerprint density at radius 1 is 0.870 bits per heavy atom. The van der Waals surface area contributed by atoms with E-state index in [0.29, 0.717) is 12.5 Å². The fraction of sp³-hybridized carbons (Fsp3) is 0.385. The lowest BCUT2D eigenvalue weighted by Gasteiger charge is -2.39. The SMILES string of the molecule is COc1ccc2c(c1)C=C(c1ccccc1C(=O)N1C3CC[C@@H]1CN(C)C3)Cn1c-2c(C2CCCCC2)c2ccc(C(=O)O)cc21. The molecule has 1 amide bonds. The van der Waals surface area contributed by atoms with Crippen molar-refractivity contribution in [3.63, 3.8) is 0 Å². The molecule has 0 radical (unpaired) electrons. The maximum Gasteiger partial charge on any atom is 0.335 e. The third kappa shape index (κ3) is 4.75. The van der Waals surface area contributed by atoms with Crippen molar-refractivity contribution in [2.24, 2.45) is 0 Å².